The number of anilines is 2. The van der Waals surface area contributed by atoms with Crippen molar-refractivity contribution in [2.24, 2.45) is 0 Å². The maximum Gasteiger partial charge on any atom is 0.254 e. The van der Waals surface area contributed by atoms with Crippen LogP contribution in [0.15, 0.2) is 48.5 Å². The molecule has 6 heteroatoms. The standard InChI is InChI=1S/C25H33N4OP/c1-18(2)28(19(3)4)25(30)21-8-10-22(11-9-21)29(23-12-14-27(31)15-13-23)24-7-5-6-20(16-24)17-26/h5-11,16,18-19,23H,12-15,31H2,1-4H3. The summed E-state index contributed by atoms with van der Waals surface area (Å²) < 4.78 is 2.27. The van der Waals surface area contributed by atoms with Crippen molar-refractivity contribution < 1.29 is 4.79 Å². The van der Waals surface area contributed by atoms with Crippen LogP contribution in [0.3, 0.4) is 0 Å². The Morgan fingerprint density at radius 1 is 1.03 bits per heavy atom. The van der Waals surface area contributed by atoms with Crippen LogP contribution in [0.1, 0.15) is 56.5 Å². The highest BCUT2D eigenvalue weighted by Crippen LogP contribution is 2.33. The molecule has 1 amide bonds. The number of hydrogen-bond donors (Lipinski definition) is 0. The molecule has 1 aliphatic rings. The van der Waals surface area contributed by atoms with Crippen LogP contribution in [0.2, 0.25) is 0 Å². The number of nitrogens with zero attached hydrogens (tertiary/aromatic N) is 4. The summed E-state index contributed by atoms with van der Waals surface area (Å²) in [7, 11) is 2.80. The number of carbonyl (C=O) groups is 1. The number of benzene rings is 2. The van der Waals surface area contributed by atoms with E-state index < -0.39 is 0 Å². The topological polar surface area (TPSA) is 50.6 Å². The third kappa shape index (κ3) is 5.45. The smallest absolute Gasteiger partial charge is 0.254 e. The van der Waals surface area contributed by atoms with Gasteiger partial charge in [0.05, 0.1) is 11.6 Å². The van der Waals surface area contributed by atoms with Crippen molar-refractivity contribution in [1.29, 1.82) is 5.26 Å². The number of piperidine rings is 1. The third-order valence-electron chi connectivity index (χ3n) is 5.86. The van der Waals surface area contributed by atoms with Crippen LogP contribution in [-0.2, 0) is 0 Å². The van der Waals surface area contributed by atoms with Gasteiger partial charge in [-0.2, -0.15) is 5.26 Å². The van der Waals surface area contributed by atoms with Gasteiger partial charge in [0.2, 0.25) is 0 Å². The summed E-state index contributed by atoms with van der Waals surface area (Å²) in [6, 6.07) is 18.6. The molecule has 164 valence electrons. The first-order valence-electron chi connectivity index (χ1n) is 11.0. The minimum absolute atomic E-state index is 0.0610. The average Bonchev–Trinajstić information content (AvgIpc) is 2.75. The molecule has 2 aromatic rings. The van der Waals surface area contributed by atoms with Gasteiger partial charge in [0.15, 0.2) is 0 Å². The van der Waals surface area contributed by atoms with Crippen molar-refractivity contribution in [3.05, 3.63) is 59.7 Å². The van der Waals surface area contributed by atoms with Crippen LogP contribution in [0.4, 0.5) is 11.4 Å². The number of nitriles is 1. The Labute approximate surface area is 188 Å². The van der Waals surface area contributed by atoms with Crippen LogP contribution >= 0.6 is 9.39 Å². The van der Waals surface area contributed by atoms with Gasteiger partial charge in [-0.15, -0.1) is 0 Å². The maximum absolute atomic E-state index is 13.1. The first-order valence-corrected chi connectivity index (χ1v) is 11.5. The lowest BCUT2D eigenvalue weighted by atomic mass is 10.0. The molecular formula is C25H33N4OP. The number of carbonyl (C=O) groups excluding carboxylic acids is 1. The van der Waals surface area contributed by atoms with Gasteiger partial charge in [0, 0.05) is 48.2 Å². The highest BCUT2D eigenvalue weighted by atomic mass is 31.0. The second-order valence-corrected chi connectivity index (χ2v) is 9.48. The highest BCUT2D eigenvalue weighted by Gasteiger charge is 2.26. The Morgan fingerprint density at radius 3 is 2.19 bits per heavy atom. The van der Waals surface area contributed by atoms with E-state index in [9.17, 15) is 10.1 Å². The van der Waals surface area contributed by atoms with E-state index >= 15 is 0 Å². The predicted molar refractivity (Wildman–Crippen MR) is 130 cm³/mol. The van der Waals surface area contributed by atoms with E-state index in [-0.39, 0.29) is 18.0 Å². The Kier molecular flexibility index (Phi) is 7.70. The van der Waals surface area contributed by atoms with Crippen molar-refractivity contribution in [1.82, 2.24) is 9.57 Å². The molecule has 2 aromatic carbocycles. The molecule has 5 nitrogen and oxygen atoms in total. The van der Waals surface area contributed by atoms with Crippen LogP contribution in [0, 0.1) is 11.3 Å². The fourth-order valence-corrected chi connectivity index (χ4v) is 4.72. The summed E-state index contributed by atoms with van der Waals surface area (Å²) in [4.78, 5) is 17.3. The zero-order valence-electron chi connectivity index (χ0n) is 19.0. The first kappa shape index (κ1) is 23.3. The number of rotatable bonds is 6. The molecule has 0 bridgehead atoms. The quantitative estimate of drug-likeness (QED) is 0.584. The Morgan fingerprint density at radius 2 is 1.65 bits per heavy atom. The lowest BCUT2D eigenvalue weighted by Crippen LogP contribution is -2.42. The van der Waals surface area contributed by atoms with Crippen LogP contribution < -0.4 is 4.90 Å². The Bertz CT molecular complexity index is 919. The molecule has 1 atom stereocenters. The first-order chi connectivity index (χ1) is 14.8. The summed E-state index contributed by atoms with van der Waals surface area (Å²) in [5.74, 6) is 0.0610. The second-order valence-electron chi connectivity index (χ2n) is 8.75. The van der Waals surface area contributed by atoms with Crippen molar-refractivity contribution in [3.63, 3.8) is 0 Å². The van der Waals surface area contributed by atoms with Crippen LogP contribution in [0.5, 0.6) is 0 Å². The van der Waals surface area contributed by atoms with Crippen LogP contribution in [-0.4, -0.2) is 46.7 Å². The number of amides is 1. The van der Waals surface area contributed by atoms with E-state index in [1.165, 1.54) is 0 Å². The largest absolute Gasteiger partial charge is 0.338 e. The van der Waals surface area contributed by atoms with Crippen molar-refractivity contribution in [3.8, 4) is 6.07 Å². The van der Waals surface area contributed by atoms with Gasteiger partial charge in [-0.1, -0.05) is 15.5 Å². The molecule has 0 aromatic heterocycles. The molecule has 0 N–H and O–H groups in total. The molecule has 1 fully saturated rings. The molecule has 1 saturated heterocycles. The van der Waals surface area contributed by atoms with Crippen LogP contribution in [0.25, 0.3) is 0 Å². The summed E-state index contributed by atoms with van der Waals surface area (Å²) >= 11 is 0. The van der Waals surface area contributed by atoms with E-state index in [1.807, 2.05) is 47.4 Å². The van der Waals surface area contributed by atoms with Gasteiger partial charge in [-0.25, -0.2) is 0 Å². The zero-order chi connectivity index (χ0) is 22.5. The van der Waals surface area contributed by atoms with Gasteiger partial charge < -0.3 is 9.80 Å². The van der Waals surface area contributed by atoms with Gasteiger partial charge in [0.1, 0.15) is 0 Å². The molecule has 3 rings (SSSR count). The SMILES string of the molecule is CC(C)N(C(=O)c1ccc(N(c2cccc(C#N)c2)C2CCN(P)CC2)cc1)C(C)C. The molecule has 0 spiro atoms. The van der Waals surface area contributed by atoms with E-state index in [1.54, 1.807) is 0 Å². The lowest BCUT2D eigenvalue weighted by Gasteiger charge is -2.39. The van der Waals surface area contributed by atoms with E-state index in [2.05, 4.69) is 58.8 Å². The molecule has 0 saturated carbocycles. The normalized spacial score (nSPS) is 15.2. The molecule has 1 heterocycles. The molecule has 0 aliphatic carbocycles. The van der Waals surface area contributed by atoms with Crippen molar-refractivity contribution in [2.45, 2.75) is 58.7 Å². The van der Waals surface area contributed by atoms with E-state index in [4.69, 9.17) is 0 Å². The van der Waals surface area contributed by atoms with Gasteiger partial charge in [-0.3, -0.25) is 9.46 Å². The Hall–Kier alpha value is -2.41. The maximum atomic E-state index is 13.1. The number of hydrogen-bond acceptors (Lipinski definition) is 4. The third-order valence-corrected chi connectivity index (χ3v) is 6.37. The van der Waals surface area contributed by atoms with Gasteiger partial charge in [0.25, 0.3) is 5.91 Å². The van der Waals surface area contributed by atoms with E-state index in [0.717, 1.165) is 37.3 Å². The van der Waals surface area contributed by atoms with Crippen molar-refractivity contribution in [2.75, 3.05) is 18.0 Å². The van der Waals surface area contributed by atoms with Gasteiger partial charge >= 0.3 is 0 Å². The summed E-state index contributed by atoms with van der Waals surface area (Å²) in [6.45, 7) is 10.2. The molecule has 0 radical (unpaired) electrons. The minimum atomic E-state index is 0.0610. The minimum Gasteiger partial charge on any atom is -0.338 e. The molecule has 1 aliphatic heterocycles. The zero-order valence-corrected chi connectivity index (χ0v) is 20.1. The van der Waals surface area contributed by atoms with E-state index in [0.29, 0.717) is 17.2 Å². The average molecular weight is 437 g/mol. The highest BCUT2D eigenvalue weighted by molar-refractivity contribution is 7.13. The Balaban J connectivity index is 1.94. The van der Waals surface area contributed by atoms with Crippen molar-refractivity contribution >= 4 is 26.7 Å². The lowest BCUT2D eigenvalue weighted by molar-refractivity contribution is 0.0644. The summed E-state index contributed by atoms with van der Waals surface area (Å²) in [5, 5.41) is 9.38. The molecule has 1 unspecified atom stereocenters. The molecule has 31 heavy (non-hydrogen) atoms. The summed E-state index contributed by atoms with van der Waals surface area (Å²) in [5.41, 5.74) is 3.43. The predicted octanol–water partition coefficient (Wildman–Crippen LogP) is 5.21. The second kappa shape index (κ2) is 10.3. The molecular weight excluding hydrogens is 403 g/mol. The summed E-state index contributed by atoms with van der Waals surface area (Å²) in [6.07, 6.45) is 2.07. The monoisotopic (exact) mass is 436 g/mol. The fourth-order valence-electron chi connectivity index (χ4n) is 4.42. The fraction of sp³-hybridized carbons (Fsp3) is 0.440. The van der Waals surface area contributed by atoms with Gasteiger partial charge in [-0.05, 0) is 83.0 Å².